The van der Waals surface area contributed by atoms with Gasteiger partial charge in [-0.1, -0.05) is 20.8 Å². The molecule has 4 saturated carbocycles. The molecule has 2 N–H and O–H groups in total. The number of fused-ring (bicyclic) bond motifs is 1. The summed E-state index contributed by atoms with van der Waals surface area (Å²) in [5, 5.41) is 7.03. The van der Waals surface area contributed by atoms with Crippen LogP contribution < -0.4 is 10.6 Å². The molecule has 4 fully saturated rings. The molecule has 4 bridgehead atoms. The second-order valence-electron chi connectivity index (χ2n) is 12.4. The van der Waals surface area contributed by atoms with E-state index in [9.17, 15) is 18.4 Å². The van der Waals surface area contributed by atoms with Gasteiger partial charge in [-0.15, -0.1) is 0 Å². The summed E-state index contributed by atoms with van der Waals surface area (Å²) in [6.45, 7) is 7.10. The van der Waals surface area contributed by atoms with Crippen molar-refractivity contribution in [1.29, 1.82) is 0 Å². The van der Waals surface area contributed by atoms with Gasteiger partial charge in [0, 0.05) is 30.6 Å². The Kier molecular flexibility index (Phi) is 5.35. The van der Waals surface area contributed by atoms with Crippen molar-refractivity contribution in [3.05, 3.63) is 34.9 Å². The fourth-order valence-electron chi connectivity index (χ4n) is 7.38. The lowest BCUT2D eigenvalue weighted by Gasteiger charge is -2.62. The summed E-state index contributed by atoms with van der Waals surface area (Å²) < 4.78 is 27.1. The van der Waals surface area contributed by atoms with E-state index in [2.05, 4.69) is 31.4 Å². The lowest BCUT2D eigenvalue weighted by Crippen LogP contribution is -2.69. The maximum Gasteiger partial charge on any atom is 0.237 e. The van der Waals surface area contributed by atoms with Crippen molar-refractivity contribution in [1.82, 2.24) is 15.5 Å². The number of benzene rings is 1. The fraction of sp³-hybridized carbons (Fsp3) is 0.692. The fourth-order valence-corrected chi connectivity index (χ4v) is 7.38. The molecule has 5 aliphatic rings. The van der Waals surface area contributed by atoms with Crippen LogP contribution in [0.25, 0.3) is 0 Å². The van der Waals surface area contributed by atoms with Gasteiger partial charge in [0.15, 0.2) is 11.6 Å². The van der Waals surface area contributed by atoms with Crippen LogP contribution >= 0.6 is 0 Å². The van der Waals surface area contributed by atoms with Crippen LogP contribution in [0.3, 0.4) is 0 Å². The van der Waals surface area contributed by atoms with Crippen LogP contribution in [-0.2, 0) is 22.7 Å². The maximum atomic E-state index is 13.6. The second kappa shape index (κ2) is 7.76. The average Bonchev–Trinajstić information content (AvgIpc) is 3.06. The lowest BCUT2D eigenvalue weighted by molar-refractivity contribution is -0.134. The zero-order valence-corrected chi connectivity index (χ0v) is 19.9. The summed E-state index contributed by atoms with van der Waals surface area (Å²) in [7, 11) is 0. The van der Waals surface area contributed by atoms with Crippen LogP contribution in [0.15, 0.2) is 12.1 Å². The van der Waals surface area contributed by atoms with Gasteiger partial charge in [-0.25, -0.2) is 8.78 Å². The predicted octanol–water partition coefficient (Wildman–Crippen LogP) is 4.04. The molecule has 4 aliphatic carbocycles. The molecule has 1 aromatic rings. The standard InChI is InChI=1S/C26H35F2N3O2/c1-24(2,3)11-22(32)30-26-9-16-4-17(10-26)8-25(7-16,15-26)29-12-23(33)31-13-18-5-20(27)21(28)6-19(18)14-31/h5-6,16-17,29H,4,7-15H2,1-3H3,(H,30,32)/t16-,17+,25?,26?. The Morgan fingerprint density at radius 1 is 1.00 bits per heavy atom. The summed E-state index contributed by atoms with van der Waals surface area (Å²) in [5.41, 5.74) is 1.02. The number of hydrogen-bond donors (Lipinski definition) is 2. The van der Waals surface area contributed by atoms with E-state index in [-0.39, 0.29) is 34.9 Å². The second-order valence-corrected chi connectivity index (χ2v) is 12.4. The number of rotatable bonds is 5. The molecule has 0 spiro atoms. The van der Waals surface area contributed by atoms with Gasteiger partial charge < -0.3 is 15.5 Å². The topological polar surface area (TPSA) is 61.4 Å². The van der Waals surface area contributed by atoms with Gasteiger partial charge in [0.1, 0.15) is 0 Å². The zero-order chi connectivity index (χ0) is 23.6. The van der Waals surface area contributed by atoms with Gasteiger partial charge in [0.2, 0.25) is 11.8 Å². The number of nitrogens with zero attached hydrogens (tertiary/aromatic N) is 1. The Balaban J connectivity index is 1.24. The van der Waals surface area contributed by atoms with Gasteiger partial charge in [-0.3, -0.25) is 9.59 Å². The normalized spacial score (nSPS) is 32.2. The molecule has 180 valence electrons. The summed E-state index contributed by atoms with van der Waals surface area (Å²) >= 11 is 0. The van der Waals surface area contributed by atoms with Crippen molar-refractivity contribution in [2.75, 3.05) is 6.54 Å². The van der Waals surface area contributed by atoms with Crippen molar-refractivity contribution < 1.29 is 18.4 Å². The van der Waals surface area contributed by atoms with E-state index in [1.807, 2.05) is 0 Å². The van der Waals surface area contributed by atoms with Crippen LogP contribution in [0.4, 0.5) is 8.78 Å². The molecule has 33 heavy (non-hydrogen) atoms. The Bertz CT molecular complexity index is 941. The van der Waals surface area contributed by atoms with E-state index in [1.54, 1.807) is 4.90 Å². The molecule has 2 amide bonds. The summed E-state index contributed by atoms with van der Waals surface area (Å²) in [5.74, 6) is -0.503. The van der Waals surface area contributed by atoms with Gasteiger partial charge in [0.25, 0.3) is 0 Å². The molecule has 0 saturated heterocycles. The zero-order valence-electron chi connectivity index (χ0n) is 19.9. The average molecular weight is 460 g/mol. The van der Waals surface area contributed by atoms with Crippen molar-refractivity contribution >= 4 is 11.8 Å². The molecule has 0 radical (unpaired) electrons. The highest BCUT2D eigenvalue weighted by molar-refractivity contribution is 5.79. The highest BCUT2D eigenvalue weighted by Crippen LogP contribution is 2.57. The molecule has 5 nitrogen and oxygen atoms in total. The molecule has 1 aliphatic heterocycles. The molecular weight excluding hydrogens is 424 g/mol. The van der Waals surface area contributed by atoms with Crippen molar-refractivity contribution in [2.24, 2.45) is 17.3 Å². The van der Waals surface area contributed by atoms with E-state index >= 15 is 0 Å². The Hall–Kier alpha value is -2.02. The van der Waals surface area contributed by atoms with E-state index in [0.29, 0.717) is 42.5 Å². The Labute approximate surface area is 194 Å². The summed E-state index contributed by atoms with van der Waals surface area (Å²) in [6, 6.07) is 2.41. The van der Waals surface area contributed by atoms with Gasteiger partial charge in [0.05, 0.1) is 6.54 Å². The van der Waals surface area contributed by atoms with Gasteiger partial charge in [-0.05, 0) is 79.0 Å². The lowest BCUT2D eigenvalue weighted by atomic mass is 9.49. The SMILES string of the molecule is CC(C)(C)CC(=O)NC12C[C@@H]3C[C@@H](CC(NCC(=O)N4Cc5cc(F)c(F)cc5C4)(C3)C1)C2. The molecule has 1 aromatic carbocycles. The molecule has 4 atom stereocenters. The van der Waals surface area contributed by atoms with Crippen LogP contribution in [0.5, 0.6) is 0 Å². The first-order valence-electron chi connectivity index (χ1n) is 12.2. The van der Waals surface area contributed by atoms with Gasteiger partial charge >= 0.3 is 0 Å². The van der Waals surface area contributed by atoms with Gasteiger partial charge in [-0.2, -0.15) is 0 Å². The highest BCUT2D eigenvalue weighted by atomic mass is 19.2. The monoisotopic (exact) mass is 459 g/mol. The van der Waals surface area contributed by atoms with E-state index < -0.39 is 11.6 Å². The number of halogens is 2. The van der Waals surface area contributed by atoms with Crippen LogP contribution in [0.2, 0.25) is 0 Å². The first-order chi connectivity index (χ1) is 15.4. The number of hydrogen-bond acceptors (Lipinski definition) is 3. The molecule has 7 heteroatoms. The molecule has 2 unspecified atom stereocenters. The molecular formula is C26H35F2N3O2. The Morgan fingerprint density at radius 2 is 1.55 bits per heavy atom. The summed E-state index contributed by atoms with van der Waals surface area (Å²) in [6.07, 6.45) is 6.76. The van der Waals surface area contributed by atoms with Crippen LogP contribution in [-0.4, -0.2) is 34.3 Å². The molecule has 0 aromatic heterocycles. The third-order valence-corrected chi connectivity index (χ3v) is 8.09. The van der Waals surface area contributed by atoms with Crippen LogP contribution in [0.1, 0.15) is 76.8 Å². The predicted molar refractivity (Wildman–Crippen MR) is 121 cm³/mol. The number of nitrogens with one attached hydrogen (secondary N) is 2. The Morgan fingerprint density at radius 3 is 2.09 bits per heavy atom. The largest absolute Gasteiger partial charge is 0.351 e. The number of carbonyl (C=O) groups is 2. The first-order valence-corrected chi connectivity index (χ1v) is 12.2. The quantitative estimate of drug-likeness (QED) is 0.699. The van der Waals surface area contributed by atoms with Crippen molar-refractivity contribution in [2.45, 2.75) is 89.9 Å². The first kappa shape index (κ1) is 22.8. The van der Waals surface area contributed by atoms with E-state index in [1.165, 1.54) is 18.6 Å². The van der Waals surface area contributed by atoms with Crippen LogP contribution in [0, 0.1) is 28.9 Å². The van der Waals surface area contributed by atoms with E-state index in [4.69, 9.17) is 0 Å². The third-order valence-electron chi connectivity index (χ3n) is 8.09. The minimum atomic E-state index is -0.867. The maximum absolute atomic E-state index is 13.6. The van der Waals surface area contributed by atoms with E-state index in [0.717, 1.165) is 32.1 Å². The highest BCUT2D eigenvalue weighted by Gasteiger charge is 2.58. The third kappa shape index (κ3) is 4.53. The molecule has 6 rings (SSSR count). The number of amides is 2. The minimum Gasteiger partial charge on any atom is -0.351 e. The smallest absolute Gasteiger partial charge is 0.237 e. The van der Waals surface area contributed by atoms with Crippen molar-refractivity contribution in [3.8, 4) is 0 Å². The van der Waals surface area contributed by atoms with Crippen molar-refractivity contribution in [3.63, 3.8) is 0 Å². The molecule has 1 heterocycles. The number of carbonyl (C=O) groups excluding carboxylic acids is 2. The minimum absolute atomic E-state index is 0.0476. The summed E-state index contributed by atoms with van der Waals surface area (Å²) in [4.78, 5) is 27.5.